The van der Waals surface area contributed by atoms with E-state index in [1.807, 2.05) is 6.07 Å². The fraction of sp³-hybridized carbons (Fsp3) is 0.529. The fourth-order valence-electron chi connectivity index (χ4n) is 3.17. The summed E-state index contributed by atoms with van der Waals surface area (Å²) in [6, 6.07) is 3.59. The highest BCUT2D eigenvalue weighted by Crippen LogP contribution is 2.29. The van der Waals surface area contributed by atoms with Gasteiger partial charge in [0.05, 0.1) is 18.4 Å². The summed E-state index contributed by atoms with van der Waals surface area (Å²) in [5.74, 6) is 1.41. The number of likely N-dealkylation sites (tertiary alicyclic amines) is 1. The first-order valence-electron chi connectivity index (χ1n) is 7.81. The van der Waals surface area contributed by atoms with Crippen LogP contribution >= 0.6 is 0 Å². The number of hydrogen-bond acceptors (Lipinski definition) is 5. The maximum atomic E-state index is 11.2. The standard InChI is InChI=1S/C17H22N2O3/c1-19-7-5-12(6-8-19)3-4-16-15-10-14(21-2)9-13(11-20)17(15)22-18-16/h9-12H,3-8H2,1-2H3. The number of aryl methyl sites for hydroxylation is 1. The summed E-state index contributed by atoms with van der Waals surface area (Å²) in [7, 11) is 3.77. The zero-order valence-electron chi connectivity index (χ0n) is 13.2. The fourth-order valence-corrected chi connectivity index (χ4v) is 3.17. The average Bonchev–Trinajstić information content (AvgIpc) is 2.96. The number of piperidine rings is 1. The van der Waals surface area contributed by atoms with Crippen LogP contribution in [0.3, 0.4) is 0 Å². The summed E-state index contributed by atoms with van der Waals surface area (Å²) in [4.78, 5) is 13.6. The van der Waals surface area contributed by atoms with Crippen molar-refractivity contribution in [1.29, 1.82) is 0 Å². The minimum atomic E-state index is 0.493. The van der Waals surface area contributed by atoms with Crippen molar-refractivity contribution in [1.82, 2.24) is 10.1 Å². The van der Waals surface area contributed by atoms with Gasteiger partial charge in [-0.2, -0.15) is 0 Å². The minimum absolute atomic E-state index is 0.493. The third-order valence-corrected chi connectivity index (χ3v) is 4.64. The molecule has 1 aromatic carbocycles. The Bertz CT molecular complexity index is 657. The van der Waals surface area contributed by atoms with Crippen molar-refractivity contribution in [3.63, 3.8) is 0 Å². The lowest BCUT2D eigenvalue weighted by atomic mass is 9.91. The Morgan fingerprint density at radius 2 is 2.18 bits per heavy atom. The van der Waals surface area contributed by atoms with Crippen molar-refractivity contribution in [2.75, 3.05) is 27.2 Å². The van der Waals surface area contributed by atoms with E-state index in [1.165, 1.54) is 25.9 Å². The molecule has 1 aliphatic rings. The summed E-state index contributed by atoms with van der Waals surface area (Å²) >= 11 is 0. The van der Waals surface area contributed by atoms with E-state index in [1.54, 1.807) is 13.2 Å². The maximum Gasteiger partial charge on any atom is 0.177 e. The van der Waals surface area contributed by atoms with Gasteiger partial charge in [0.25, 0.3) is 0 Å². The van der Waals surface area contributed by atoms with Gasteiger partial charge in [-0.3, -0.25) is 4.79 Å². The number of carbonyl (C=O) groups excluding carboxylic acids is 1. The molecule has 0 aliphatic carbocycles. The van der Waals surface area contributed by atoms with Gasteiger partial charge in [0, 0.05) is 5.39 Å². The van der Waals surface area contributed by atoms with Gasteiger partial charge < -0.3 is 14.2 Å². The third-order valence-electron chi connectivity index (χ3n) is 4.64. The van der Waals surface area contributed by atoms with Crippen molar-refractivity contribution in [3.8, 4) is 5.75 Å². The van der Waals surface area contributed by atoms with Crippen molar-refractivity contribution in [2.45, 2.75) is 25.7 Å². The van der Waals surface area contributed by atoms with E-state index in [2.05, 4.69) is 17.1 Å². The van der Waals surface area contributed by atoms with Crippen LogP contribution in [0.5, 0.6) is 5.75 Å². The predicted molar refractivity (Wildman–Crippen MR) is 84.5 cm³/mol. The Kier molecular flexibility index (Phi) is 4.43. The van der Waals surface area contributed by atoms with E-state index in [0.29, 0.717) is 16.9 Å². The van der Waals surface area contributed by atoms with E-state index in [-0.39, 0.29) is 0 Å². The molecule has 1 aromatic heterocycles. The number of hydrogen-bond donors (Lipinski definition) is 0. The summed E-state index contributed by atoms with van der Waals surface area (Å²) in [5.41, 5.74) is 1.98. The number of aldehydes is 1. The normalized spacial score (nSPS) is 17.0. The molecule has 0 N–H and O–H groups in total. The van der Waals surface area contributed by atoms with Gasteiger partial charge in [0.15, 0.2) is 11.9 Å². The number of fused-ring (bicyclic) bond motifs is 1. The van der Waals surface area contributed by atoms with Crippen molar-refractivity contribution < 1.29 is 14.1 Å². The number of carbonyl (C=O) groups is 1. The lowest BCUT2D eigenvalue weighted by Crippen LogP contribution is -2.30. The third kappa shape index (κ3) is 2.99. The minimum Gasteiger partial charge on any atom is -0.497 e. The molecule has 5 heteroatoms. The van der Waals surface area contributed by atoms with E-state index >= 15 is 0 Å². The molecule has 22 heavy (non-hydrogen) atoms. The summed E-state index contributed by atoms with van der Waals surface area (Å²) < 4.78 is 10.6. The second-order valence-electron chi connectivity index (χ2n) is 6.13. The van der Waals surface area contributed by atoms with Crippen LogP contribution in [0.4, 0.5) is 0 Å². The summed E-state index contributed by atoms with van der Waals surface area (Å²) in [6.45, 7) is 2.35. The van der Waals surface area contributed by atoms with Gasteiger partial charge in [-0.05, 0) is 63.9 Å². The first-order valence-corrected chi connectivity index (χ1v) is 7.81. The highest BCUT2D eigenvalue weighted by Gasteiger charge is 2.19. The number of methoxy groups -OCH3 is 1. The van der Waals surface area contributed by atoms with Crippen LogP contribution < -0.4 is 4.74 Å². The topological polar surface area (TPSA) is 55.6 Å². The molecule has 0 unspecified atom stereocenters. The molecule has 118 valence electrons. The van der Waals surface area contributed by atoms with E-state index in [0.717, 1.165) is 36.1 Å². The first-order chi connectivity index (χ1) is 10.7. The van der Waals surface area contributed by atoms with Gasteiger partial charge in [0.1, 0.15) is 5.75 Å². The van der Waals surface area contributed by atoms with Crippen LogP contribution in [0.25, 0.3) is 11.0 Å². The highest BCUT2D eigenvalue weighted by atomic mass is 16.5. The van der Waals surface area contributed by atoms with E-state index in [4.69, 9.17) is 9.26 Å². The number of nitrogens with zero attached hydrogens (tertiary/aromatic N) is 2. The van der Waals surface area contributed by atoms with Crippen LogP contribution in [-0.4, -0.2) is 43.6 Å². The van der Waals surface area contributed by atoms with Crippen LogP contribution in [0.1, 0.15) is 35.3 Å². The summed E-state index contributed by atoms with van der Waals surface area (Å²) in [6.07, 6.45) is 5.27. The molecule has 0 bridgehead atoms. The number of aromatic nitrogens is 1. The smallest absolute Gasteiger partial charge is 0.177 e. The van der Waals surface area contributed by atoms with Gasteiger partial charge in [0.2, 0.25) is 0 Å². The molecule has 0 radical (unpaired) electrons. The quantitative estimate of drug-likeness (QED) is 0.795. The molecule has 0 saturated carbocycles. The Hall–Kier alpha value is -1.88. The molecule has 0 spiro atoms. The zero-order chi connectivity index (χ0) is 15.5. The summed E-state index contributed by atoms with van der Waals surface area (Å²) in [5, 5.41) is 5.08. The molecule has 1 aliphatic heterocycles. The molecular formula is C17H22N2O3. The Morgan fingerprint density at radius 1 is 1.41 bits per heavy atom. The number of benzene rings is 1. The zero-order valence-corrected chi connectivity index (χ0v) is 13.2. The van der Waals surface area contributed by atoms with Crippen LogP contribution in [0.15, 0.2) is 16.7 Å². The number of rotatable bonds is 5. The van der Waals surface area contributed by atoms with Crippen LogP contribution in [0, 0.1) is 5.92 Å². The Morgan fingerprint density at radius 3 is 2.86 bits per heavy atom. The molecule has 0 atom stereocenters. The Labute approximate surface area is 130 Å². The number of ether oxygens (including phenoxy) is 1. The second kappa shape index (κ2) is 6.48. The van der Waals surface area contributed by atoms with Crippen LogP contribution in [0.2, 0.25) is 0 Å². The monoisotopic (exact) mass is 302 g/mol. The van der Waals surface area contributed by atoms with E-state index in [9.17, 15) is 4.79 Å². The van der Waals surface area contributed by atoms with E-state index < -0.39 is 0 Å². The molecule has 1 fully saturated rings. The van der Waals surface area contributed by atoms with Crippen molar-refractivity contribution >= 4 is 17.3 Å². The molecule has 3 rings (SSSR count). The second-order valence-corrected chi connectivity index (χ2v) is 6.13. The molecule has 1 saturated heterocycles. The lowest BCUT2D eigenvalue weighted by Gasteiger charge is -2.28. The largest absolute Gasteiger partial charge is 0.497 e. The SMILES string of the molecule is COc1cc(C=O)c2onc(CCC3CCN(C)CC3)c2c1. The van der Waals surface area contributed by atoms with Crippen molar-refractivity contribution in [3.05, 3.63) is 23.4 Å². The van der Waals surface area contributed by atoms with Crippen LogP contribution in [-0.2, 0) is 6.42 Å². The molecule has 2 aromatic rings. The van der Waals surface area contributed by atoms with Gasteiger partial charge in [-0.1, -0.05) is 5.16 Å². The highest BCUT2D eigenvalue weighted by molar-refractivity contribution is 5.96. The molecule has 2 heterocycles. The average molecular weight is 302 g/mol. The van der Waals surface area contributed by atoms with Gasteiger partial charge >= 0.3 is 0 Å². The van der Waals surface area contributed by atoms with Gasteiger partial charge in [-0.25, -0.2) is 0 Å². The molecular weight excluding hydrogens is 280 g/mol. The Balaban J connectivity index is 1.77. The molecule has 0 amide bonds. The van der Waals surface area contributed by atoms with Crippen molar-refractivity contribution in [2.24, 2.45) is 5.92 Å². The first kappa shape index (κ1) is 15.0. The lowest BCUT2D eigenvalue weighted by molar-refractivity contribution is 0.112. The van der Waals surface area contributed by atoms with Gasteiger partial charge in [-0.15, -0.1) is 0 Å². The predicted octanol–water partition coefficient (Wildman–Crippen LogP) is 2.92. The maximum absolute atomic E-state index is 11.2. The molecule has 5 nitrogen and oxygen atoms in total.